The van der Waals surface area contributed by atoms with Crippen molar-refractivity contribution >= 4 is 66.2 Å². The van der Waals surface area contributed by atoms with Crippen LogP contribution in [0, 0.1) is 6.92 Å². The molecule has 0 spiro atoms. The molecule has 38 heavy (non-hydrogen) atoms. The highest BCUT2D eigenvalue weighted by molar-refractivity contribution is 7.93. The fraction of sp³-hybridized carbons (Fsp3) is 0.0385. The van der Waals surface area contributed by atoms with Gasteiger partial charge in [-0.15, -0.1) is 0 Å². The zero-order chi connectivity index (χ0) is 27.5. The SMILES string of the molecule is Cc1ccc(NS(=O)(=O)c2ccc(NC(=O)c3ccc(NS(=O)(=O)c4ccccc4)c(Cl)c3)cc2)cc1Cl. The molecule has 4 rings (SSSR count). The zero-order valence-corrected chi connectivity index (χ0v) is 22.9. The van der Waals surface area contributed by atoms with E-state index in [4.69, 9.17) is 23.2 Å². The first-order chi connectivity index (χ1) is 17.9. The third-order valence-corrected chi connectivity index (χ3v) is 8.87. The molecule has 0 aliphatic heterocycles. The van der Waals surface area contributed by atoms with Gasteiger partial charge in [0, 0.05) is 16.3 Å². The highest BCUT2D eigenvalue weighted by Gasteiger charge is 2.18. The fourth-order valence-corrected chi connectivity index (χ4v) is 5.95. The molecule has 0 radical (unpaired) electrons. The third kappa shape index (κ3) is 6.46. The van der Waals surface area contributed by atoms with Crippen LogP contribution in [-0.2, 0) is 20.0 Å². The van der Waals surface area contributed by atoms with Gasteiger partial charge in [-0.3, -0.25) is 14.2 Å². The van der Waals surface area contributed by atoms with Crippen LogP contribution < -0.4 is 14.8 Å². The van der Waals surface area contributed by atoms with Crippen LogP contribution in [0.2, 0.25) is 10.0 Å². The molecule has 0 unspecified atom stereocenters. The first kappa shape index (κ1) is 27.5. The van der Waals surface area contributed by atoms with Crippen LogP contribution in [0.4, 0.5) is 17.1 Å². The Morgan fingerprint density at radius 1 is 0.658 bits per heavy atom. The van der Waals surface area contributed by atoms with E-state index in [1.54, 1.807) is 30.3 Å². The Labute approximate surface area is 230 Å². The summed E-state index contributed by atoms with van der Waals surface area (Å²) in [4.78, 5) is 12.8. The highest BCUT2D eigenvalue weighted by Crippen LogP contribution is 2.27. The summed E-state index contributed by atoms with van der Waals surface area (Å²) in [7, 11) is -7.73. The van der Waals surface area contributed by atoms with Crippen LogP contribution in [0.25, 0.3) is 0 Å². The summed E-state index contributed by atoms with van der Waals surface area (Å²) >= 11 is 12.3. The van der Waals surface area contributed by atoms with Crippen molar-refractivity contribution in [3.63, 3.8) is 0 Å². The van der Waals surface area contributed by atoms with Gasteiger partial charge in [0.15, 0.2) is 0 Å². The van der Waals surface area contributed by atoms with E-state index < -0.39 is 26.0 Å². The summed E-state index contributed by atoms with van der Waals surface area (Å²) in [5.41, 5.74) is 1.78. The molecule has 12 heteroatoms. The van der Waals surface area contributed by atoms with Crippen molar-refractivity contribution in [2.24, 2.45) is 0 Å². The predicted molar refractivity (Wildman–Crippen MR) is 150 cm³/mol. The number of hydrogen-bond donors (Lipinski definition) is 3. The lowest BCUT2D eigenvalue weighted by molar-refractivity contribution is 0.102. The monoisotopic (exact) mass is 589 g/mol. The fourth-order valence-electron chi connectivity index (χ4n) is 3.33. The van der Waals surface area contributed by atoms with Gasteiger partial charge in [-0.25, -0.2) is 16.8 Å². The number of carbonyl (C=O) groups is 1. The number of nitrogens with one attached hydrogen (secondary N) is 3. The summed E-state index contributed by atoms with van der Waals surface area (Å²) in [6.45, 7) is 1.81. The van der Waals surface area contributed by atoms with Crippen molar-refractivity contribution in [3.8, 4) is 0 Å². The highest BCUT2D eigenvalue weighted by atomic mass is 35.5. The van der Waals surface area contributed by atoms with Gasteiger partial charge in [0.05, 0.1) is 26.2 Å². The predicted octanol–water partition coefficient (Wildman–Crippen LogP) is 6.16. The minimum Gasteiger partial charge on any atom is -0.322 e. The molecule has 4 aromatic rings. The smallest absolute Gasteiger partial charge is 0.261 e. The van der Waals surface area contributed by atoms with Gasteiger partial charge in [0.1, 0.15) is 0 Å². The van der Waals surface area contributed by atoms with Crippen molar-refractivity contribution in [2.45, 2.75) is 16.7 Å². The molecule has 0 atom stereocenters. The van der Waals surface area contributed by atoms with Gasteiger partial charge < -0.3 is 5.32 Å². The molecule has 0 saturated heterocycles. The van der Waals surface area contributed by atoms with Crippen LogP contribution in [0.15, 0.2) is 101 Å². The molecule has 0 aliphatic rings. The number of sulfonamides is 2. The van der Waals surface area contributed by atoms with Crippen molar-refractivity contribution in [1.29, 1.82) is 0 Å². The van der Waals surface area contributed by atoms with Gasteiger partial charge in [0.25, 0.3) is 26.0 Å². The first-order valence-corrected chi connectivity index (χ1v) is 14.7. The number of aryl methyl sites for hydroxylation is 1. The summed E-state index contributed by atoms with van der Waals surface area (Å²) in [5, 5.41) is 3.12. The van der Waals surface area contributed by atoms with Crippen LogP contribution in [0.5, 0.6) is 0 Å². The average Bonchev–Trinajstić information content (AvgIpc) is 2.88. The van der Waals surface area contributed by atoms with E-state index >= 15 is 0 Å². The zero-order valence-electron chi connectivity index (χ0n) is 19.8. The summed E-state index contributed by atoms with van der Waals surface area (Å²) in [6.07, 6.45) is 0. The van der Waals surface area contributed by atoms with E-state index in [1.807, 2.05) is 6.92 Å². The second-order valence-electron chi connectivity index (χ2n) is 8.16. The average molecular weight is 591 g/mol. The minimum atomic E-state index is -3.88. The molecule has 1 amide bonds. The molecule has 8 nitrogen and oxygen atoms in total. The maximum Gasteiger partial charge on any atom is 0.261 e. The lowest BCUT2D eigenvalue weighted by Crippen LogP contribution is -2.15. The summed E-state index contributed by atoms with van der Waals surface area (Å²) in [5.74, 6) is -0.521. The van der Waals surface area contributed by atoms with Gasteiger partial charge >= 0.3 is 0 Å². The first-order valence-electron chi connectivity index (χ1n) is 11.0. The Morgan fingerprint density at radius 2 is 1.26 bits per heavy atom. The standard InChI is InChI=1S/C26H21Cl2N3O5S2/c1-17-7-9-20(16-23(17)27)30-37(33,34)22-12-10-19(11-13-22)29-26(32)18-8-14-25(24(28)15-18)31-38(35,36)21-5-3-2-4-6-21/h2-16,30-31H,1H3,(H,29,32). The molecule has 196 valence electrons. The van der Waals surface area contributed by atoms with Crippen LogP contribution in [0.3, 0.4) is 0 Å². The number of amides is 1. The Kier molecular flexibility index (Phi) is 7.98. The van der Waals surface area contributed by atoms with E-state index in [1.165, 1.54) is 60.7 Å². The second kappa shape index (κ2) is 11.0. The van der Waals surface area contributed by atoms with Crippen LogP contribution >= 0.6 is 23.2 Å². The quantitative estimate of drug-likeness (QED) is 0.227. The summed E-state index contributed by atoms with van der Waals surface area (Å²) in [6, 6.07) is 22.3. The normalized spacial score (nSPS) is 11.6. The van der Waals surface area contributed by atoms with Crippen molar-refractivity contribution in [3.05, 3.63) is 112 Å². The Bertz CT molecular complexity index is 1710. The maximum atomic E-state index is 12.7. The largest absolute Gasteiger partial charge is 0.322 e. The number of hydrogen-bond acceptors (Lipinski definition) is 5. The van der Waals surface area contributed by atoms with Crippen molar-refractivity contribution in [2.75, 3.05) is 14.8 Å². The summed E-state index contributed by atoms with van der Waals surface area (Å²) < 4.78 is 55.4. The number of rotatable bonds is 8. The van der Waals surface area contributed by atoms with Gasteiger partial charge in [-0.1, -0.05) is 47.5 Å². The molecular formula is C26H21Cl2N3O5S2. The minimum absolute atomic E-state index is 0.00899. The maximum absolute atomic E-state index is 12.7. The van der Waals surface area contributed by atoms with Gasteiger partial charge in [0.2, 0.25) is 0 Å². The molecular weight excluding hydrogens is 569 g/mol. The van der Waals surface area contributed by atoms with Crippen LogP contribution in [0.1, 0.15) is 15.9 Å². The molecule has 0 fully saturated rings. The molecule has 0 saturated carbocycles. The van der Waals surface area contributed by atoms with Crippen LogP contribution in [-0.4, -0.2) is 22.7 Å². The molecule has 0 bridgehead atoms. The lowest BCUT2D eigenvalue weighted by Gasteiger charge is -2.12. The Balaban J connectivity index is 1.44. The van der Waals surface area contributed by atoms with E-state index in [-0.39, 0.29) is 26.1 Å². The van der Waals surface area contributed by atoms with E-state index in [9.17, 15) is 21.6 Å². The Hall–Kier alpha value is -3.57. The Morgan fingerprint density at radius 3 is 1.89 bits per heavy atom. The van der Waals surface area contributed by atoms with Gasteiger partial charge in [-0.2, -0.15) is 0 Å². The molecule has 0 aromatic heterocycles. The van der Waals surface area contributed by atoms with E-state index in [0.29, 0.717) is 16.4 Å². The number of anilines is 3. The number of carbonyl (C=O) groups excluding carboxylic acids is 1. The van der Waals surface area contributed by atoms with Crippen molar-refractivity contribution < 1.29 is 21.6 Å². The number of halogens is 2. The molecule has 0 aliphatic carbocycles. The van der Waals surface area contributed by atoms with E-state index in [2.05, 4.69) is 14.8 Å². The third-order valence-electron chi connectivity index (χ3n) is 5.38. The molecule has 3 N–H and O–H groups in total. The lowest BCUT2D eigenvalue weighted by atomic mass is 10.2. The second-order valence-corrected chi connectivity index (χ2v) is 12.3. The van der Waals surface area contributed by atoms with E-state index in [0.717, 1.165) is 5.56 Å². The molecule has 0 heterocycles. The number of benzene rings is 4. The van der Waals surface area contributed by atoms with Gasteiger partial charge in [-0.05, 0) is 79.2 Å². The topological polar surface area (TPSA) is 121 Å². The molecule has 4 aromatic carbocycles. The van der Waals surface area contributed by atoms with Crippen molar-refractivity contribution in [1.82, 2.24) is 0 Å².